The lowest BCUT2D eigenvalue weighted by Gasteiger charge is -2.34. The number of hydrogen-bond acceptors (Lipinski definition) is 4. The van der Waals surface area contributed by atoms with Gasteiger partial charge < -0.3 is 9.80 Å². The van der Waals surface area contributed by atoms with Gasteiger partial charge in [-0.2, -0.15) is 0 Å². The van der Waals surface area contributed by atoms with Crippen LogP contribution in [-0.2, 0) is 4.79 Å². The molecule has 104 valence electrons. The van der Waals surface area contributed by atoms with Crippen LogP contribution in [0.25, 0.3) is 0 Å². The summed E-state index contributed by atoms with van der Waals surface area (Å²) in [5, 5.41) is 0. The van der Waals surface area contributed by atoms with E-state index in [1.165, 1.54) is 32.5 Å². The summed E-state index contributed by atoms with van der Waals surface area (Å²) in [7, 11) is 2.22. The molecule has 1 unspecified atom stereocenters. The maximum Gasteiger partial charge on any atom is 0.143 e. The van der Waals surface area contributed by atoms with Gasteiger partial charge in [-0.05, 0) is 45.8 Å². The van der Waals surface area contributed by atoms with E-state index in [-0.39, 0.29) is 5.78 Å². The van der Waals surface area contributed by atoms with Gasteiger partial charge in [0.1, 0.15) is 5.78 Å². The molecule has 18 heavy (non-hydrogen) atoms. The predicted molar refractivity (Wildman–Crippen MR) is 73.8 cm³/mol. The third kappa shape index (κ3) is 4.34. The zero-order valence-corrected chi connectivity index (χ0v) is 11.9. The topological polar surface area (TPSA) is 26.8 Å². The minimum absolute atomic E-state index is 0.289. The van der Waals surface area contributed by atoms with Crippen molar-refractivity contribution in [2.24, 2.45) is 5.92 Å². The Morgan fingerprint density at radius 2 is 1.78 bits per heavy atom. The van der Waals surface area contributed by atoms with E-state index in [1.54, 1.807) is 6.92 Å². The van der Waals surface area contributed by atoms with Crippen LogP contribution in [0.1, 0.15) is 19.8 Å². The predicted octanol–water partition coefficient (Wildman–Crippen LogP) is 0.535. The highest BCUT2D eigenvalue weighted by Gasteiger charge is 2.22. The maximum atomic E-state index is 11.1. The van der Waals surface area contributed by atoms with Crippen LogP contribution in [0.2, 0.25) is 0 Å². The minimum Gasteiger partial charge on any atom is -0.306 e. The van der Waals surface area contributed by atoms with Gasteiger partial charge in [0.15, 0.2) is 0 Å². The normalized spacial score (nSPS) is 27.8. The number of nitrogens with zero attached hydrogens (tertiary/aromatic N) is 3. The van der Waals surface area contributed by atoms with E-state index >= 15 is 0 Å². The molecule has 0 amide bonds. The zero-order valence-electron chi connectivity index (χ0n) is 11.9. The Bertz CT molecular complexity index is 274. The first kappa shape index (κ1) is 14.0. The lowest BCUT2D eigenvalue weighted by Crippen LogP contribution is -2.48. The molecule has 0 aromatic carbocycles. The first-order chi connectivity index (χ1) is 8.63. The Morgan fingerprint density at radius 1 is 1.11 bits per heavy atom. The Kier molecular flexibility index (Phi) is 5.15. The molecule has 0 aliphatic carbocycles. The van der Waals surface area contributed by atoms with Crippen molar-refractivity contribution in [3.63, 3.8) is 0 Å². The van der Waals surface area contributed by atoms with Crippen molar-refractivity contribution in [3.05, 3.63) is 0 Å². The molecule has 2 aliphatic heterocycles. The molecular formula is C14H27N3O. The second-order valence-electron chi connectivity index (χ2n) is 6.03. The van der Waals surface area contributed by atoms with Crippen LogP contribution >= 0.6 is 0 Å². The maximum absolute atomic E-state index is 11.1. The largest absolute Gasteiger partial charge is 0.306 e. The van der Waals surface area contributed by atoms with Gasteiger partial charge in [0, 0.05) is 32.7 Å². The standard InChI is InChI=1S/C14H27N3O/c1-13(18)11-17-9-7-16(8-10-17)6-4-14-3-5-15(2)12-14/h14H,3-12H2,1-2H3. The molecule has 0 aromatic rings. The van der Waals surface area contributed by atoms with E-state index in [4.69, 9.17) is 0 Å². The van der Waals surface area contributed by atoms with Gasteiger partial charge in [0.05, 0.1) is 6.54 Å². The van der Waals surface area contributed by atoms with Gasteiger partial charge in [0.2, 0.25) is 0 Å². The molecule has 2 saturated heterocycles. The first-order valence-corrected chi connectivity index (χ1v) is 7.26. The van der Waals surface area contributed by atoms with Crippen LogP contribution in [-0.4, -0.2) is 79.9 Å². The van der Waals surface area contributed by atoms with Crippen LogP contribution in [0.15, 0.2) is 0 Å². The van der Waals surface area contributed by atoms with E-state index < -0.39 is 0 Å². The highest BCUT2D eigenvalue weighted by atomic mass is 16.1. The SMILES string of the molecule is CC(=O)CN1CCN(CCC2CCN(C)C2)CC1. The summed E-state index contributed by atoms with van der Waals surface area (Å²) >= 11 is 0. The summed E-state index contributed by atoms with van der Waals surface area (Å²) in [6.45, 7) is 10.5. The Morgan fingerprint density at radius 3 is 2.33 bits per heavy atom. The Balaban J connectivity index is 1.60. The van der Waals surface area contributed by atoms with E-state index in [0.717, 1.165) is 32.1 Å². The summed E-state index contributed by atoms with van der Waals surface area (Å²) < 4.78 is 0. The highest BCUT2D eigenvalue weighted by molar-refractivity contribution is 5.77. The molecule has 0 aromatic heterocycles. The van der Waals surface area contributed by atoms with Gasteiger partial charge in [-0.15, -0.1) is 0 Å². The van der Waals surface area contributed by atoms with Gasteiger partial charge in [-0.3, -0.25) is 9.69 Å². The molecule has 2 aliphatic rings. The average molecular weight is 253 g/mol. The number of likely N-dealkylation sites (tertiary alicyclic amines) is 1. The van der Waals surface area contributed by atoms with Gasteiger partial charge in [-0.1, -0.05) is 0 Å². The number of piperazine rings is 1. The fourth-order valence-electron chi connectivity index (χ4n) is 3.11. The molecule has 2 rings (SSSR count). The molecule has 0 spiro atoms. The Hall–Kier alpha value is -0.450. The van der Waals surface area contributed by atoms with Crippen LogP contribution in [0, 0.1) is 5.92 Å². The molecule has 0 N–H and O–H groups in total. The molecule has 0 radical (unpaired) electrons. The summed E-state index contributed by atoms with van der Waals surface area (Å²) in [4.78, 5) is 18.3. The van der Waals surface area contributed by atoms with E-state index in [2.05, 4.69) is 21.7 Å². The third-order valence-electron chi connectivity index (χ3n) is 4.25. The van der Waals surface area contributed by atoms with Crippen LogP contribution in [0.4, 0.5) is 0 Å². The second-order valence-corrected chi connectivity index (χ2v) is 6.03. The van der Waals surface area contributed by atoms with Crippen LogP contribution in [0.5, 0.6) is 0 Å². The smallest absolute Gasteiger partial charge is 0.143 e. The van der Waals surface area contributed by atoms with Crippen molar-refractivity contribution in [2.75, 3.05) is 59.4 Å². The molecule has 0 bridgehead atoms. The lowest BCUT2D eigenvalue weighted by molar-refractivity contribution is -0.118. The van der Waals surface area contributed by atoms with Crippen molar-refractivity contribution >= 4 is 5.78 Å². The molecule has 1 atom stereocenters. The zero-order chi connectivity index (χ0) is 13.0. The van der Waals surface area contributed by atoms with Gasteiger partial charge in [-0.25, -0.2) is 0 Å². The van der Waals surface area contributed by atoms with Crippen molar-refractivity contribution in [3.8, 4) is 0 Å². The quantitative estimate of drug-likeness (QED) is 0.714. The molecule has 4 heteroatoms. The molecule has 2 heterocycles. The number of Topliss-reactive ketones (excluding diaryl/α,β-unsaturated/α-hetero) is 1. The number of carbonyl (C=O) groups excluding carboxylic acids is 1. The highest BCUT2D eigenvalue weighted by Crippen LogP contribution is 2.18. The van der Waals surface area contributed by atoms with E-state index in [1.807, 2.05) is 0 Å². The fraction of sp³-hybridized carbons (Fsp3) is 0.929. The van der Waals surface area contributed by atoms with E-state index in [9.17, 15) is 4.79 Å². The number of carbonyl (C=O) groups is 1. The number of ketones is 1. The molecule has 2 fully saturated rings. The van der Waals surface area contributed by atoms with Crippen LogP contribution < -0.4 is 0 Å². The van der Waals surface area contributed by atoms with Crippen LogP contribution in [0.3, 0.4) is 0 Å². The molecule has 0 saturated carbocycles. The summed E-state index contributed by atoms with van der Waals surface area (Å²) in [6.07, 6.45) is 2.72. The monoisotopic (exact) mass is 253 g/mol. The summed E-state index contributed by atoms with van der Waals surface area (Å²) in [5.41, 5.74) is 0. The van der Waals surface area contributed by atoms with Gasteiger partial charge in [0.25, 0.3) is 0 Å². The van der Waals surface area contributed by atoms with Crippen molar-refractivity contribution in [1.82, 2.24) is 14.7 Å². The Labute approximate surface area is 111 Å². The average Bonchev–Trinajstić information content (AvgIpc) is 2.74. The second kappa shape index (κ2) is 6.64. The number of rotatable bonds is 5. The van der Waals surface area contributed by atoms with Crippen molar-refractivity contribution in [2.45, 2.75) is 19.8 Å². The van der Waals surface area contributed by atoms with E-state index in [0.29, 0.717) is 6.54 Å². The fourth-order valence-corrected chi connectivity index (χ4v) is 3.11. The number of hydrogen-bond donors (Lipinski definition) is 0. The minimum atomic E-state index is 0.289. The van der Waals surface area contributed by atoms with Gasteiger partial charge >= 0.3 is 0 Å². The third-order valence-corrected chi connectivity index (χ3v) is 4.25. The summed E-state index contributed by atoms with van der Waals surface area (Å²) in [5.74, 6) is 1.20. The summed E-state index contributed by atoms with van der Waals surface area (Å²) in [6, 6.07) is 0. The first-order valence-electron chi connectivity index (χ1n) is 7.26. The molecular weight excluding hydrogens is 226 g/mol. The molecule has 4 nitrogen and oxygen atoms in total. The van der Waals surface area contributed by atoms with Crippen molar-refractivity contribution < 1.29 is 4.79 Å². The van der Waals surface area contributed by atoms with Crippen molar-refractivity contribution in [1.29, 1.82) is 0 Å². The lowest BCUT2D eigenvalue weighted by atomic mass is 10.0.